The van der Waals surface area contributed by atoms with Crippen LogP contribution in [0.25, 0.3) is 0 Å². The zero-order chi connectivity index (χ0) is 11.5. The largest absolute Gasteiger partial charge is 0.481 e. The lowest BCUT2D eigenvalue weighted by atomic mass is 9.86. The van der Waals surface area contributed by atoms with E-state index in [1.54, 1.807) is 0 Å². The van der Waals surface area contributed by atoms with E-state index in [9.17, 15) is 19.5 Å². The predicted octanol–water partition coefficient (Wildman–Crippen LogP) is -1.00. The molecule has 0 amide bonds. The van der Waals surface area contributed by atoms with Gasteiger partial charge in [-0.05, 0) is 6.92 Å². The second-order valence-electron chi connectivity index (χ2n) is 2.86. The Morgan fingerprint density at radius 1 is 1.21 bits per heavy atom. The zero-order valence-electron chi connectivity index (χ0n) is 7.30. The van der Waals surface area contributed by atoms with E-state index in [1.807, 2.05) is 0 Å². The van der Waals surface area contributed by atoms with Crippen LogP contribution in [-0.4, -0.2) is 43.9 Å². The van der Waals surface area contributed by atoms with Crippen molar-refractivity contribution in [2.75, 3.05) is 0 Å². The summed E-state index contributed by atoms with van der Waals surface area (Å²) in [6, 6.07) is 0. The highest BCUT2D eigenvalue weighted by Gasteiger charge is 2.47. The smallest absolute Gasteiger partial charge is 0.337 e. The van der Waals surface area contributed by atoms with Crippen LogP contribution >= 0.6 is 0 Å². The predicted molar refractivity (Wildman–Crippen MR) is 41.6 cm³/mol. The fraction of sp³-hybridized carbons (Fsp3) is 0.571. The van der Waals surface area contributed by atoms with E-state index in [0.717, 1.165) is 6.92 Å². The van der Waals surface area contributed by atoms with Crippen LogP contribution in [-0.2, 0) is 14.4 Å². The molecule has 0 heterocycles. The number of carboxylic acid groups (broad SMARTS) is 3. The Hall–Kier alpha value is -1.63. The maximum Gasteiger partial charge on any atom is 0.337 e. The van der Waals surface area contributed by atoms with Crippen molar-refractivity contribution in [3.8, 4) is 0 Å². The Bertz CT molecular complexity index is 271. The first-order valence-corrected chi connectivity index (χ1v) is 3.62. The molecule has 80 valence electrons. The molecule has 0 aromatic rings. The lowest BCUT2D eigenvalue weighted by molar-refractivity contribution is -0.177. The molecule has 0 radical (unpaired) electrons. The molecule has 0 unspecified atom stereocenters. The molecule has 7 heteroatoms. The van der Waals surface area contributed by atoms with Crippen LogP contribution in [0.15, 0.2) is 0 Å². The fourth-order valence-electron chi connectivity index (χ4n) is 0.849. The van der Waals surface area contributed by atoms with E-state index >= 15 is 0 Å². The van der Waals surface area contributed by atoms with Crippen LogP contribution in [0.5, 0.6) is 0 Å². The van der Waals surface area contributed by atoms with Crippen molar-refractivity contribution in [2.45, 2.75) is 18.9 Å². The standard InChI is InChI=1S/C7H10O7/c1-3(5(10)11)7(14,6(12)13)2-4(8)9/h3,14H,2H2,1H3,(H,8,9)(H,10,11)(H,12,13)/t3-,7-/m0/s1. The maximum absolute atomic E-state index is 10.5. The van der Waals surface area contributed by atoms with Crippen LogP contribution in [0.3, 0.4) is 0 Å². The van der Waals surface area contributed by atoms with Gasteiger partial charge in [0.05, 0.1) is 12.3 Å². The summed E-state index contributed by atoms with van der Waals surface area (Å²) >= 11 is 0. The van der Waals surface area contributed by atoms with Gasteiger partial charge >= 0.3 is 17.9 Å². The number of aliphatic carboxylic acids is 3. The highest BCUT2D eigenvalue weighted by atomic mass is 16.4. The van der Waals surface area contributed by atoms with Gasteiger partial charge in [-0.2, -0.15) is 0 Å². The van der Waals surface area contributed by atoms with Gasteiger partial charge in [0, 0.05) is 0 Å². The van der Waals surface area contributed by atoms with E-state index in [1.165, 1.54) is 0 Å². The Kier molecular flexibility index (Phi) is 3.58. The van der Waals surface area contributed by atoms with Gasteiger partial charge < -0.3 is 20.4 Å². The highest BCUT2D eigenvalue weighted by Crippen LogP contribution is 2.22. The van der Waals surface area contributed by atoms with Gasteiger partial charge in [-0.15, -0.1) is 0 Å². The van der Waals surface area contributed by atoms with E-state index in [4.69, 9.17) is 15.3 Å². The lowest BCUT2D eigenvalue weighted by Crippen LogP contribution is -2.49. The minimum Gasteiger partial charge on any atom is -0.481 e. The third kappa shape index (κ3) is 2.43. The van der Waals surface area contributed by atoms with Crippen LogP contribution < -0.4 is 0 Å². The number of aliphatic hydroxyl groups is 1. The average molecular weight is 206 g/mol. The van der Waals surface area contributed by atoms with Crippen molar-refractivity contribution in [1.29, 1.82) is 0 Å². The molecule has 0 saturated carbocycles. The number of hydrogen-bond donors (Lipinski definition) is 4. The molecule has 0 saturated heterocycles. The third-order valence-corrected chi connectivity index (χ3v) is 1.88. The molecule has 4 N–H and O–H groups in total. The van der Waals surface area contributed by atoms with Crippen LogP contribution in [0.2, 0.25) is 0 Å². The quantitative estimate of drug-likeness (QED) is 0.453. The fourth-order valence-corrected chi connectivity index (χ4v) is 0.849. The summed E-state index contributed by atoms with van der Waals surface area (Å²) in [5.74, 6) is -6.72. The molecule has 0 aliphatic rings. The molecule has 0 aromatic heterocycles. The first kappa shape index (κ1) is 12.4. The molecule has 0 aliphatic heterocycles. The van der Waals surface area contributed by atoms with Gasteiger partial charge in [-0.1, -0.05) is 0 Å². The molecule has 2 atom stereocenters. The van der Waals surface area contributed by atoms with Crippen molar-refractivity contribution in [2.24, 2.45) is 5.92 Å². The number of rotatable bonds is 5. The van der Waals surface area contributed by atoms with Crippen molar-refractivity contribution in [3.63, 3.8) is 0 Å². The summed E-state index contributed by atoms with van der Waals surface area (Å²) < 4.78 is 0. The molecule has 0 aromatic carbocycles. The number of carbonyl (C=O) groups is 3. The van der Waals surface area contributed by atoms with Gasteiger partial charge in [0.2, 0.25) is 0 Å². The van der Waals surface area contributed by atoms with Gasteiger partial charge in [0.1, 0.15) is 0 Å². The summed E-state index contributed by atoms with van der Waals surface area (Å²) in [4.78, 5) is 31.2. The SMILES string of the molecule is C[C@@H](C(=O)O)[C@@](O)(CC(=O)O)C(=O)O. The Labute approximate surface area is 78.6 Å². The van der Waals surface area contributed by atoms with Crippen molar-refractivity contribution in [3.05, 3.63) is 0 Å². The second-order valence-corrected chi connectivity index (χ2v) is 2.86. The van der Waals surface area contributed by atoms with Crippen LogP contribution in [0, 0.1) is 5.92 Å². The van der Waals surface area contributed by atoms with Crippen LogP contribution in [0.1, 0.15) is 13.3 Å². The summed E-state index contributed by atoms with van der Waals surface area (Å²) in [6.07, 6.45) is -1.16. The summed E-state index contributed by atoms with van der Waals surface area (Å²) in [5.41, 5.74) is -2.78. The summed E-state index contributed by atoms with van der Waals surface area (Å²) in [7, 11) is 0. The van der Waals surface area contributed by atoms with Crippen molar-refractivity contribution >= 4 is 17.9 Å². The third-order valence-electron chi connectivity index (χ3n) is 1.88. The van der Waals surface area contributed by atoms with E-state index in [0.29, 0.717) is 0 Å². The molecule has 7 nitrogen and oxygen atoms in total. The highest BCUT2D eigenvalue weighted by molar-refractivity contribution is 5.89. The van der Waals surface area contributed by atoms with E-state index in [2.05, 4.69) is 0 Å². The molecule has 0 fully saturated rings. The molecule has 0 aliphatic carbocycles. The number of hydrogen-bond acceptors (Lipinski definition) is 4. The maximum atomic E-state index is 10.5. The van der Waals surface area contributed by atoms with E-state index in [-0.39, 0.29) is 0 Å². The van der Waals surface area contributed by atoms with Crippen LogP contribution in [0.4, 0.5) is 0 Å². The van der Waals surface area contributed by atoms with Crippen molar-refractivity contribution in [1.82, 2.24) is 0 Å². The monoisotopic (exact) mass is 206 g/mol. The van der Waals surface area contributed by atoms with Gasteiger partial charge in [0.25, 0.3) is 0 Å². The molecule has 0 spiro atoms. The second kappa shape index (κ2) is 4.05. The number of carboxylic acids is 3. The zero-order valence-corrected chi connectivity index (χ0v) is 7.30. The summed E-state index contributed by atoms with van der Waals surface area (Å²) in [5, 5.41) is 34.6. The Morgan fingerprint density at radius 2 is 1.64 bits per heavy atom. The normalized spacial score (nSPS) is 16.7. The lowest BCUT2D eigenvalue weighted by Gasteiger charge is -2.25. The minimum absolute atomic E-state index is 0.930. The molecule has 14 heavy (non-hydrogen) atoms. The van der Waals surface area contributed by atoms with Gasteiger partial charge in [-0.25, -0.2) is 4.79 Å². The molecule has 0 rings (SSSR count). The topological polar surface area (TPSA) is 132 Å². The first-order valence-electron chi connectivity index (χ1n) is 3.62. The van der Waals surface area contributed by atoms with E-state index < -0.39 is 35.8 Å². The van der Waals surface area contributed by atoms with Gasteiger partial charge in [0.15, 0.2) is 5.60 Å². The average Bonchev–Trinajstić information content (AvgIpc) is 2.00. The molecule has 0 bridgehead atoms. The molecular formula is C7H10O7. The minimum atomic E-state index is -2.78. The molecular weight excluding hydrogens is 196 g/mol. The first-order chi connectivity index (χ1) is 6.21. The van der Waals surface area contributed by atoms with Gasteiger partial charge in [-0.3, -0.25) is 9.59 Å². The van der Waals surface area contributed by atoms with Crippen molar-refractivity contribution < 1.29 is 34.8 Å². The summed E-state index contributed by atoms with van der Waals surface area (Å²) in [6.45, 7) is 0.930. The Morgan fingerprint density at radius 3 is 1.86 bits per heavy atom. The Balaban J connectivity index is 4.99.